The Kier molecular flexibility index (Phi) is 6.35. The highest BCUT2D eigenvalue weighted by atomic mass is 19.1. The molecule has 0 aliphatic carbocycles. The van der Waals surface area contributed by atoms with Crippen LogP contribution >= 0.6 is 0 Å². The summed E-state index contributed by atoms with van der Waals surface area (Å²) in [5.74, 6) is -2.26. The van der Waals surface area contributed by atoms with E-state index in [1.165, 1.54) is 40.1 Å². The van der Waals surface area contributed by atoms with Gasteiger partial charge in [-0.25, -0.2) is 18.0 Å². The predicted octanol–water partition coefficient (Wildman–Crippen LogP) is 5.50. The molecule has 3 aromatic rings. The maximum Gasteiger partial charge on any atom is 0.324 e. The summed E-state index contributed by atoms with van der Waals surface area (Å²) in [6.45, 7) is 2.71. The number of amides is 3. The van der Waals surface area contributed by atoms with Crippen LogP contribution in [0.5, 0.6) is 0 Å². The van der Waals surface area contributed by atoms with Gasteiger partial charge in [-0.3, -0.25) is 9.69 Å². The van der Waals surface area contributed by atoms with Crippen LogP contribution in [0.4, 0.5) is 29.3 Å². The van der Waals surface area contributed by atoms with Gasteiger partial charge in [0.15, 0.2) is 0 Å². The smallest absolute Gasteiger partial charge is 0.320 e. The summed E-state index contributed by atoms with van der Waals surface area (Å²) in [6.07, 6.45) is 0.633. The molecule has 8 heteroatoms. The van der Waals surface area contributed by atoms with Crippen molar-refractivity contribution in [3.63, 3.8) is 0 Å². The number of carbonyl (C=O) groups excluding carboxylic acids is 2. The molecule has 1 heterocycles. The van der Waals surface area contributed by atoms with Gasteiger partial charge < -0.3 is 10.2 Å². The van der Waals surface area contributed by atoms with E-state index in [1.54, 1.807) is 12.1 Å². The lowest BCUT2D eigenvalue weighted by Crippen LogP contribution is -2.49. The van der Waals surface area contributed by atoms with Gasteiger partial charge >= 0.3 is 6.03 Å². The SMILES string of the molecule is Cc1ccc(N2CCCN(Cc3ccc(F)cc3F)C2=O)c(NC(=O)c2ccc(F)cc2)c1. The molecule has 0 aromatic heterocycles. The average Bonchev–Trinajstić information content (AvgIpc) is 2.78. The Labute approximate surface area is 189 Å². The second kappa shape index (κ2) is 9.36. The van der Waals surface area contributed by atoms with E-state index in [9.17, 15) is 22.8 Å². The fourth-order valence-corrected chi connectivity index (χ4v) is 3.79. The summed E-state index contributed by atoms with van der Waals surface area (Å²) in [4.78, 5) is 29.0. The highest BCUT2D eigenvalue weighted by Crippen LogP contribution is 2.31. The Morgan fingerprint density at radius 2 is 1.67 bits per heavy atom. The molecule has 0 unspecified atom stereocenters. The second-order valence-electron chi connectivity index (χ2n) is 7.93. The van der Waals surface area contributed by atoms with Gasteiger partial charge in [-0.1, -0.05) is 12.1 Å². The molecular formula is C25H22F3N3O2. The van der Waals surface area contributed by atoms with Crippen LogP contribution in [-0.2, 0) is 6.54 Å². The number of nitrogens with one attached hydrogen (secondary N) is 1. The van der Waals surface area contributed by atoms with Crippen LogP contribution < -0.4 is 10.2 Å². The highest BCUT2D eigenvalue weighted by Gasteiger charge is 2.29. The van der Waals surface area contributed by atoms with E-state index >= 15 is 0 Å². The minimum Gasteiger partial charge on any atom is -0.320 e. The number of halogens is 3. The number of hydrogen-bond acceptors (Lipinski definition) is 2. The number of benzene rings is 3. The Morgan fingerprint density at radius 3 is 2.39 bits per heavy atom. The lowest BCUT2D eigenvalue weighted by Gasteiger charge is -2.36. The van der Waals surface area contributed by atoms with Crippen LogP contribution in [0.1, 0.15) is 27.9 Å². The molecule has 3 amide bonds. The molecule has 33 heavy (non-hydrogen) atoms. The van der Waals surface area contributed by atoms with Crippen molar-refractivity contribution in [2.45, 2.75) is 19.9 Å². The third-order valence-corrected chi connectivity index (χ3v) is 5.48. The molecule has 1 saturated heterocycles. The van der Waals surface area contributed by atoms with E-state index in [1.807, 2.05) is 13.0 Å². The molecule has 0 radical (unpaired) electrons. The summed E-state index contributed by atoms with van der Waals surface area (Å²) in [5, 5.41) is 2.81. The largest absolute Gasteiger partial charge is 0.324 e. The first-order valence-corrected chi connectivity index (χ1v) is 10.5. The Morgan fingerprint density at radius 1 is 0.939 bits per heavy atom. The van der Waals surface area contributed by atoms with E-state index < -0.39 is 23.4 Å². The van der Waals surface area contributed by atoms with Crippen molar-refractivity contribution in [3.8, 4) is 0 Å². The Balaban J connectivity index is 1.58. The fraction of sp³-hybridized carbons (Fsp3) is 0.200. The summed E-state index contributed by atoms with van der Waals surface area (Å²) < 4.78 is 40.6. The first kappa shape index (κ1) is 22.4. The van der Waals surface area contributed by atoms with Gasteiger partial charge in [-0.2, -0.15) is 0 Å². The van der Waals surface area contributed by atoms with E-state index in [2.05, 4.69) is 5.32 Å². The highest BCUT2D eigenvalue weighted by molar-refractivity contribution is 6.07. The van der Waals surface area contributed by atoms with Gasteiger partial charge in [0, 0.05) is 30.3 Å². The predicted molar refractivity (Wildman–Crippen MR) is 120 cm³/mol. The first-order chi connectivity index (χ1) is 15.8. The third kappa shape index (κ3) is 5.00. The van der Waals surface area contributed by atoms with E-state index in [0.717, 1.165) is 17.7 Å². The molecule has 3 aromatic carbocycles. The first-order valence-electron chi connectivity index (χ1n) is 10.5. The standard InChI is InChI=1S/C25H22F3N3O2/c1-16-3-10-23(22(13-16)29-24(32)17-4-7-19(26)8-5-17)31-12-2-11-30(25(31)33)15-18-6-9-20(27)14-21(18)28/h3-10,13-14H,2,11-12,15H2,1H3,(H,29,32). The van der Waals surface area contributed by atoms with Crippen molar-refractivity contribution < 1.29 is 22.8 Å². The molecule has 1 fully saturated rings. The number of rotatable bonds is 5. The van der Waals surface area contributed by atoms with Crippen molar-refractivity contribution in [1.82, 2.24) is 4.90 Å². The molecule has 1 aliphatic rings. The van der Waals surface area contributed by atoms with Crippen LogP contribution in [0, 0.1) is 24.4 Å². The van der Waals surface area contributed by atoms with Gasteiger partial charge in [0.25, 0.3) is 5.91 Å². The van der Waals surface area contributed by atoms with Gasteiger partial charge in [0.1, 0.15) is 17.5 Å². The topological polar surface area (TPSA) is 52.6 Å². The van der Waals surface area contributed by atoms with Gasteiger partial charge in [0.05, 0.1) is 17.9 Å². The van der Waals surface area contributed by atoms with Crippen molar-refractivity contribution in [3.05, 3.63) is 94.8 Å². The van der Waals surface area contributed by atoms with Crippen LogP contribution in [0.2, 0.25) is 0 Å². The summed E-state index contributed by atoms with van der Waals surface area (Å²) in [6, 6.07) is 13.4. The van der Waals surface area contributed by atoms with E-state index in [-0.39, 0.29) is 23.7 Å². The zero-order chi connectivity index (χ0) is 23.5. The van der Waals surface area contributed by atoms with Crippen LogP contribution in [0.3, 0.4) is 0 Å². The monoisotopic (exact) mass is 453 g/mol. The summed E-state index contributed by atoms with van der Waals surface area (Å²) in [7, 11) is 0. The van der Waals surface area contributed by atoms with Gasteiger partial charge in [-0.05, 0) is 61.4 Å². The normalized spacial score (nSPS) is 13.9. The quantitative estimate of drug-likeness (QED) is 0.555. The molecule has 0 saturated carbocycles. The Hall–Kier alpha value is -3.81. The zero-order valence-corrected chi connectivity index (χ0v) is 17.9. The maximum atomic E-state index is 14.1. The van der Waals surface area contributed by atoms with Crippen molar-refractivity contribution >= 4 is 23.3 Å². The fourth-order valence-electron chi connectivity index (χ4n) is 3.79. The van der Waals surface area contributed by atoms with E-state index in [0.29, 0.717) is 30.9 Å². The summed E-state index contributed by atoms with van der Waals surface area (Å²) in [5.41, 5.74) is 2.32. The maximum absolute atomic E-state index is 14.1. The van der Waals surface area contributed by atoms with Crippen LogP contribution in [-0.4, -0.2) is 29.9 Å². The molecular weight excluding hydrogens is 431 g/mol. The molecule has 1 N–H and O–H groups in total. The zero-order valence-electron chi connectivity index (χ0n) is 17.9. The van der Waals surface area contributed by atoms with Gasteiger partial charge in [0.2, 0.25) is 0 Å². The van der Waals surface area contributed by atoms with Crippen molar-refractivity contribution in [2.24, 2.45) is 0 Å². The summed E-state index contributed by atoms with van der Waals surface area (Å²) >= 11 is 0. The van der Waals surface area contributed by atoms with Crippen molar-refractivity contribution in [1.29, 1.82) is 0 Å². The second-order valence-corrected chi connectivity index (χ2v) is 7.93. The molecule has 4 rings (SSSR count). The Bertz CT molecular complexity index is 1200. The molecule has 0 spiro atoms. The van der Waals surface area contributed by atoms with Gasteiger partial charge in [-0.15, -0.1) is 0 Å². The molecule has 170 valence electrons. The third-order valence-electron chi connectivity index (χ3n) is 5.48. The van der Waals surface area contributed by atoms with Crippen LogP contribution in [0.25, 0.3) is 0 Å². The number of urea groups is 1. The van der Waals surface area contributed by atoms with Crippen molar-refractivity contribution in [2.75, 3.05) is 23.3 Å². The number of aryl methyl sites for hydroxylation is 1. The minimum absolute atomic E-state index is 0.00454. The molecule has 1 aliphatic heterocycles. The number of carbonyl (C=O) groups is 2. The minimum atomic E-state index is -0.706. The molecule has 5 nitrogen and oxygen atoms in total. The number of anilines is 2. The average molecular weight is 453 g/mol. The molecule has 0 bridgehead atoms. The number of nitrogens with zero attached hydrogens (tertiary/aromatic N) is 2. The number of hydrogen-bond donors (Lipinski definition) is 1. The lowest BCUT2D eigenvalue weighted by molar-refractivity contribution is 0.102. The van der Waals surface area contributed by atoms with Crippen LogP contribution in [0.15, 0.2) is 60.7 Å². The molecule has 0 atom stereocenters. The lowest BCUT2D eigenvalue weighted by atomic mass is 10.1. The van der Waals surface area contributed by atoms with E-state index in [4.69, 9.17) is 0 Å².